The van der Waals surface area contributed by atoms with Crippen LogP contribution < -0.4 is 5.32 Å². The van der Waals surface area contributed by atoms with Crippen molar-refractivity contribution >= 4 is 27.6 Å². The van der Waals surface area contributed by atoms with E-state index in [2.05, 4.69) is 31.2 Å². The topological polar surface area (TPSA) is 59.3 Å². The fourth-order valence-electron chi connectivity index (χ4n) is 1.15. The summed E-state index contributed by atoms with van der Waals surface area (Å²) in [5.74, 6) is 0.323. The molecule has 72 valence electrons. The summed E-state index contributed by atoms with van der Waals surface area (Å²) < 4.78 is 2.43. The Labute approximate surface area is 88.3 Å². The first-order chi connectivity index (χ1) is 6.72. The number of carbonyl (C=O) groups is 1. The van der Waals surface area contributed by atoms with Crippen molar-refractivity contribution in [2.24, 2.45) is 0 Å². The maximum Gasteiger partial charge on any atom is 0.269 e. The van der Waals surface area contributed by atoms with E-state index in [0.717, 1.165) is 4.47 Å². The second kappa shape index (κ2) is 3.38. The van der Waals surface area contributed by atoms with Gasteiger partial charge in [0.25, 0.3) is 5.91 Å². The number of hydrogen-bond acceptors (Lipinski definition) is 3. The third kappa shape index (κ3) is 1.37. The van der Waals surface area contributed by atoms with Crippen molar-refractivity contribution in [3.8, 4) is 0 Å². The van der Waals surface area contributed by atoms with Gasteiger partial charge in [-0.05, 0) is 15.9 Å². The monoisotopic (exact) mass is 254 g/mol. The number of imidazole rings is 1. The lowest BCUT2D eigenvalue weighted by Gasteiger charge is -1.99. The maximum atomic E-state index is 11.4. The van der Waals surface area contributed by atoms with Crippen LogP contribution in [0.2, 0.25) is 0 Å². The van der Waals surface area contributed by atoms with Gasteiger partial charge in [0.2, 0.25) is 5.78 Å². The van der Waals surface area contributed by atoms with Crippen LogP contribution in [0.4, 0.5) is 0 Å². The number of hydrogen-bond donors (Lipinski definition) is 1. The summed E-state index contributed by atoms with van der Waals surface area (Å²) in [4.78, 5) is 19.4. The summed E-state index contributed by atoms with van der Waals surface area (Å²) in [6, 6.07) is 0. The van der Waals surface area contributed by atoms with E-state index in [9.17, 15) is 4.79 Å². The average Bonchev–Trinajstić information content (AvgIpc) is 2.59. The quantitative estimate of drug-likeness (QED) is 0.821. The number of rotatable bonds is 1. The molecule has 1 amide bonds. The van der Waals surface area contributed by atoms with Crippen LogP contribution in [0.15, 0.2) is 23.1 Å². The molecule has 0 fully saturated rings. The van der Waals surface area contributed by atoms with Gasteiger partial charge in [-0.1, -0.05) is 0 Å². The Morgan fingerprint density at radius 1 is 1.50 bits per heavy atom. The van der Waals surface area contributed by atoms with Crippen LogP contribution in [0, 0.1) is 0 Å². The first kappa shape index (κ1) is 9.14. The molecule has 0 saturated heterocycles. The third-order valence-electron chi connectivity index (χ3n) is 1.79. The van der Waals surface area contributed by atoms with Gasteiger partial charge in [-0.2, -0.15) is 0 Å². The molecule has 0 spiro atoms. The van der Waals surface area contributed by atoms with E-state index < -0.39 is 0 Å². The van der Waals surface area contributed by atoms with Crippen LogP contribution in [0.3, 0.4) is 0 Å². The number of halogens is 1. The van der Waals surface area contributed by atoms with Gasteiger partial charge in [0.15, 0.2) is 0 Å². The van der Waals surface area contributed by atoms with Gasteiger partial charge in [0.1, 0.15) is 5.69 Å². The highest BCUT2D eigenvalue weighted by molar-refractivity contribution is 9.10. The van der Waals surface area contributed by atoms with E-state index in [1.807, 2.05) is 0 Å². The van der Waals surface area contributed by atoms with Crippen LogP contribution in [0.5, 0.6) is 0 Å². The SMILES string of the molecule is CNC(=O)c1cnc2ncc(Br)cn12. The highest BCUT2D eigenvalue weighted by Crippen LogP contribution is 2.10. The van der Waals surface area contributed by atoms with Crippen LogP contribution in [-0.2, 0) is 0 Å². The normalized spacial score (nSPS) is 10.4. The summed E-state index contributed by atoms with van der Waals surface area (Å²) in [7, 11) is 1.58. The maximum absolute atomic E-state index is 11.4. The van der Waals surface area contributed by atoms with Crippen molar-refractivity contribution in [1.29, 1.82) is 0 Å². The van der Waals surface area contributed by atoms with E-state index in [-0.39, 0.29) is 5.91 Å². The van der Waals surface area contributed by atoms with Gasteiger partial charge in [-0.25, -0.2) is 9.97 Å². The molecule has 2 rings (SSSR count). The largest absolute Gasteiger partial charge is 0.354 e. The number of nitrogens with one attached hydrogen (secondary N) is 1. The summed E-state index contributed by atoms with van der Waals surface area (Å²) in [6.45, 7) is 0. The molecule has 14 heavy (non-hydrogen) atoms. The lowest BCUT2D eigenvalue weighted by atomic mass is 10.4. The lowest BCUT2D eigenvalue weighted by molar-refractivity contribution is 0.0957. The van der Waals surface area contributed by atoms with E-state index in [4.69, 9.17) is 0 Å². The van der Waals surface area contributed by atoms with E-state index in [1.165, 1.54) is 6.20 Å². The zero-order valence-corrected chi connectivity index (χ0v) is 8.95. The summed E-state index contributed by atoms with van der Waals surface area (Å²) in [5, 5.41) is 2.54. The predicted molar refractivity (Wildman–Crippen MR) is 54.1 cm³/mol. The van der Waals surface area contributed by atoms with E-state index >= 15 is 0 Å². The second-order valence-electron chi connectivity index (χ2n) is 2.66. The lowest BCUT2D eigenvalue weighted by Crippen LogP contribution is -2.19. The number of carbonyl (C=O) groups excluding carboxylic acids is 1. The molecule has 0 aliphatic carbocycles. The van der Waals surface area contributed by atoms with Crippen LogP contribution in [0.25, 0.3) is 5.78 Å². The summed E-state index contributed by atoms with van der Waals surface area (Å²) >= 11 is 3.28. The molecule has 0 aromatic carbocycles. The average molecular weight is 255 g/mol. The zero-order valence-electron chi connectivity index (χ0n) is 7.36. The number of nitrogens with zero attached hydrogens (tertiary/aromatic N) is 3. The van der Waals surface area contributed by atoms with Gasteiger partial charge in [0, 0.05) is 19.4 Å². The third-order valence-corrected chi connectivity index (χ3v) is 2.20. The zero-order chi connectivity index (χ0) is 10.1. The molecule has 0 unspecified atom stereocenters. The molecule has 2 heterocycles. The van der Waals surface area contributed by atoms with Crippen molar-refractivity contribution in [3.63, 3.8) is 0 Å². The van der Waals surface area contributed by atoms with Crippen LogP contribution in [0.1, 0.15) is 10.5 Å². The molecule has 0 atom stereocenters. The fraction of sp³-hybridized carbons (Fsp3) is 0.125. The number of amides is 1. The minimum atomic E-state index is -0.183. The fourth-order valence-corrected chi connectivity index (χ4v) is 1.45. The first-order valence-electron chi connectivity index (χ1n) is 3.93. The van der Waals surface area contributed by atoms with Crippen molar-refractivity contribution in [3.05, 3.63) is 28.8 Å². The van der Waals surface area contributed by atoms with E-state index in [0.29, 0.717) is 11.5 Å². The molecule has 2 aromatic rings. The number of aromatic nitrogens is 3. The Balaban J connectivity index is 2.67. The Hall–Kier alpha value is -1.43. The predicted octanol–water partition coefficient (Wildman–Crippen LogP) is 0.851. The minimum Gasteiger partial charge on any atom is -0.354 e. The molecule has 5 nitrogen and oxygen atoms in total. The highest BCUT2D eigenvalue weighted by atomic mass is 79.9. The molecule has 0 saturated carbocycles. The summed E-state index contributed by atoms with van der Waals surface area (Å²) in [6.07, 6.45) is 4.88. The molecule has 6 heteroatoms. The van der Waals surface area contributed by atoms with Crippen molar-refractivity contribution in [2.45, 2.75) is 0 Å². The van der Waals surface area contributed by atoms with Gasteiger partial charge in [-0.3, -0.25) is 9.20 Å². The van der Waals surface area contributed by atoms with Gasteiger partial charge < -0.3 is 5.32 Å². The van der Waals surface area contributed by atoms with E-state index in [1.54, 1.807) is 23.8 Å². The number of fused-ring (bicyclic) bond motifs is 1. The Kier molecular flexibility index (Phi) is 2.20. The molecular formula is C8H7BrN4O. The molecule has 0 aliphatic rings. The molecule has 2 aromatic heterocycles. The Morgan fingerprint density at radius 2 is 2.21 bits per heavy atom. The van der Waals surface area contributed by atoms with Crippen molar-refractivity contribution in [1.82, 2.24) is 19.7 Å². The Bertz CT molecular complexity index is 493. The van der Waals surface area contributed by atoms with Gasteiger partial charge in [0.05, 0.1) is 10.7 Å². The minimum absolute atomic E-state index is 0.183. The Morgan fingerprint density at radius 3 is 2.93 bits per heavy atom. The highest BCUT2D eigenvalue weighted by Gasteiger charge is 2.10. The summed E-state index contributed by atoms with van der Waals surface area (Å²) in [5.41, 5.74) is 0.469. The second-order valence-corrected chi connectivity index (χ2v) is 3.58. The molecule has 0 aliphatic heterocycles. The molecule has 0 bridgehead atoms. The van der Waals surface area contributed by atoms with Crippen LogP contribution in [-0.4, -0.2) is 27.3 Å². The standard InChI is InChI=1S/C8H7BrN4O/c1-10-7(14)6-3-12-8-11-2-5(9)4-13(6)8/h2-4H,1H3,(H,10,14). The van der Waals surface area contributed by atoms with Gasteiger partial charge in [-0.15, -0.1) is 0 Å². The van der Waals surface area contributed by atoms with Gasteiger partial charge >= 0.3 is 0 Å². The molecule has 0 radical (unpaired) electrons. The molecule has 1 N–H and O–H groups in total. The molecular weight excluding hydrogens is 248 g/mol. The van der Waals surface area contributed by atoms with Crippen molar-refractivity contribution in [2.75, 3.05) is 7.05 Å². The van der Waals surface area contributed by atoms with Crippen LogP contribution >= 0.6 is 15.9 Å². The van der Waals surface area contributed by atoms with Crippen molar-refractivity contribution < 1.29 is 4.79 Å². The smallest absolute Gasteiger partial charge is 0.269 e. The first-order valence-corrected chi connectivity index (χ1v) is 4.72.